The van der Waals surface area contributed by atoms with E-state index in [1.165, 1.54) is 0 Å². The van der Waals surface area contributed by atoms with Crippen molar-refractivity contribution in [1.29, 1.82) is 0 Å². The van der Waals surface area contributed by atoms with Gasteiger partial charge in [-0.3, -0.25) is 4.98 Å². The van der Waals surface area contributed by atoms with Gasteiger partial charge in [0.1, 0.15) is 5.69 Å². The number of carboxylic acids is 1. The van der Waals surface area contributed by atoms with Crippen molar-refractivity contribution in [3.8, 4) is 11.6 Å². The predicted octanol–water partition coefficient (Wildman–Crippen LogP) is 1.14. The maximum absolute atomic E-state index is 10.5. The maximum Gasteiger partial charge on any atom is 0.393 e. The minimum Gasteiger partial charge on any atom is -0.474 e. The van der Waals surface area contributed by atoms with Crippen molar-refractivity contribution in [3.05, 3.63) is 29.8 Å². The molecule has 0 aliphatic heterocycles. The molecule has 0 saturated heterocycles. The Hall–Kier alpha value is -2.24. The zero-order valence-corrected chi connectivity index (χ0v) is 7.84. The van der Waals surface area contributed by atoms with E-state index in [1.54, 1.807) is 12.3 Å². The quantitative estimate of drug-likeness (QED) is 0.790. The zero-order chi connectivity index (χ0) is 10.8. The lowest BCUT2D eigenvalue weighted by molar-refractivity contribution is 0.0654. The van der Waals surface area contributed by atoms with E-state index in [0.717, 1.165) is 5.56 Å². The molecule has 2 aromatic heterocycles. The molecule has 76 valence electrons. The molecule has 6 heteroatoms. The highest BCUT2D eigenvalue weighted by molar-refractivity contribution is 5.82. The predicted molar refractivity (Wildman–Crippen MR) is 49.2 cm³/mol. The molecule has 0 atom stereocenters. The van der Waals surface area contributed by atoms with Crippen LogP contribution in [0, 0.1) is 6.92 Å². The van der Waals surface area contributed by atoms with Crippen molar-refractivity contribution >= 4 is 5.97 Å². The van der Waals surface area contributed by atoms with Gasteiger partial charge >= 0.3 is 11.9 Å². The normalized spacial score (nSPS) is 10.2. The number of hydrogen-bond acceptors (Lipinski definition) is 5. The highest BCUT2D eigenvalue weighted by atomic mass is 16.4. The molecule has 2 rings (SSSR count). The summed E-state index contributed by atoms with van der Waals surface area (Å²) in [6.45, 7) is 1.83. The molecule has 0 aliphatic carbocycles. The molecular formula is C9H7N3O3. The van der Waals surface area contributed by atoms with Gasteiger partial charge in [0.05, 0.1) is 0 Å². The third-order valence-corrected chi connectivity index (χ3v) is 1.82. The lowest BCUT2D eigenvalue weighted by atomic mass is 10.2. The van der Waals surface area contributed by atoms with Crippen molar-refractivity contribution in [1.82, 2.24) is 15.2 Å². The van der Waals surface area contributed by atoms with Crippen molar-refractivity contribution in [2.45, 2.75) is 6.92 Å². The average molecular weight is 205 g/mol. The topological polar surface area (TPSA) is 89.1 Å². The second kappa shape index (κ2) is 3.49. The fourth-order valence-electron chi connectivity index (χ4n) is 1.11. The first kappa shape index (κ1) is 9.32. The Labute approximate surface area is 84.6 Å². The maximum atomic E-state index is 10.5. The molecule has 0 amide bonds. The summed E-state index contributed by atoms with van der Waals surface area (Å²) in [5.41, 5.74) is 1.34. The van der Waals surface area contributed by atoms with Crippen LogP contribution < -0.4 is 0 Å². The van der Waals surface area contributed by atoms with Crippen LogP contribution in [0.3, 0.4) is 0 Å². The lowest BCUT2D eigenvalue weighted by Gasteiger charge is -1.96. The van der Waals surface area contributed by atoms with E-state index in [0.29, 0.717) is 5.69 Å². The van der Waals surface area contributed by atoms with Crippen LogP contribution >= 0.6 is 0 Å². The van der Waals surface area contributed by atoms with E-state index in [9.17, 15) is 4.79 Å². The Kier molecular flexibility index (Phi) is 2.17. The number of aromatic nitrogens is 3. The molecule has 0 fully saturated rings. The second-order valence-corrected chi connectivity index (χ2v) is 2.89. The van der Waals surface area contributed by atoms with Crippen LogP contribution in [-0.4, -0.2) is 26.3 Å². The molecule has 1 N–H and O–H groups in total. The summed E-state index contributed by atoms with van der Waals surface area (Å²) in [5, 5.41) is 15.6. The van der Waals surface area contributed by atoms with Gasteiger partial charge in [0.2, 0.25) is 0 Å². The fraction of sp³-hybridized carbons (Fsp3) is 0.111. The van der Waals surface area contributed by atoms with Crippen molar-refractivity contribution < 1.29 is 14.3 Å². The van der Waals surface area contributed by atoms with E-state index < -0.39 is 11.9 Å². The van der Waals surface area contributed by atoms with Gasteiger partial charge in [-0.1, -0.05) is 6.07 Å². The van der Waals surface area contributed by atoms with Crippen LogP contribution in [-0.2, 0) is 0 Å². The number of aryl methyl sites for hydroxylation is 1. The molecule has 0 saturated carbocycles. The molecule has 6 nitrogen and oxygen atoms in total. The van der Waals surface area contributed by atoms with Gasteiger partial charge in [0.25, 0.3) is 5.89 Å². The molecule has 15 heavy (non-hydrogen) atoms. The number of rotatable bonds is 2. The van der Waals surface area contributed by atoms with E-state index in [-0.39, 0.29) is 5.89 Å². The molecule has 0 unspecified atom stereocenters. The van der Waals surface area contributed by atoms with E-state index >= 15 is 0 Å². The SMILES string of the molecule is Cc1cccnc1-c1nnc(C(=O)O)o1. The minimum atomic E-state index is -1.25. The number of hydrogen-bond donors (Lipinski definition) is 1. The van der Waals surface area contributed by atoms with E-state index in [1.807, 2.05) is 13.0 Å². The van der Waals surface area contributed by atoms with Crippen LogP contribution in [0.4, 0.5) is 0 Å². The Balaban J connectivity index is 2.46. The largest absolute Gasteiger partial charge is 0.474 e. The van der Waals surface area contributed by atoms with Crippen molar-refractivity contribution in [2.24, 2.45) is 0 Å². The molecule has 0 spiro atoms. The number of aromatic carboxylic acids is 1. The molecule has 0 radical (unpaired) electrons. The first-order valence-corrected chi connectivity index (χ1v) is 4.17. The highest BCUT2D eigenvalue weighted by Crippen LogP contribution is 2.18. The number of nitrogens with zero attached hydrogens (tertiary/aromatic N) is 3. The van der Waals surface area contributed by atoms with Crippen LogP contribution in [0.2, 0.25) is 0 Å². The van der Waals surface area contributed by atoms with Gasteiger partial charge in [0.15, 0.2) is 0 Å². The Morgan fingerprint density at radius 2 is 2.27 bits per heavy atom. The van der Waals surface area contributed by atoms with Gasteiger partial charge in [-0.05, 0) is 18.6 Å². The summed E-state index contributed by atoms with van der Waals surface area (Å²) >= 11 is 0. The number of carboxylic acid groups (broad SMARTS) is 1. The smallest absolute Gasteiger partial charge is 0.393 e. The Morgan fingerprint density at radius 1 is 1.47 bits per heavy atom. The second-order valence-electron chi connectivity index (χ2n) is 2.89. The van der Waals surface area contributed by atoms with Crippen LogP contribution in [0.5, 0.6) is 0 Å². The summed E-state index contributed by atoms with van der Waals surface area (Å²) in [5.74, 6) is -1.57. The van der Waals surface area contributed by atoms with Gasteiger partial charge in [-0.2, -0.15) is 0 Å². The van der Waals surface area contributed by atoms with Crippen molar-refractivity contribution in [3.63, 3.8) is 0 Å². The molecule has 2 aromatic rings. The summed E-state index contributed by atoms with van der Waals surface area (Å²) in [6.07, 6.45) is 1.58. The monoisotopic (exact) mass is 205 g/mol. The van der Waals surface area contributed by atoms with Crippen LogP contribution in [0.1, 0.15) is 16.2 Å². The third kappa shape index (κ3) is 1.69. The lowest BCUT2D eigenvalue weighted by Crippen LogP contribution is -1.95. The summed E-state index contributed by atoms with van der Waals surface area (Å²) in [4.78, 5) is 14.5. The highest BCUT2D eigenvalue weighted by Gasteiger charge is 2.15. The molecule has 0 bridgehead atoms. The average Bonchev–Trinajstić information content (AvgIpc) is 2.67. The van der Waals surface area contributed by atoms with Gasteiger partial charge in [-0.15, -0.1) is 10.2 Å². The number of carbonyl (C=O) groups is 1. The third-order valence-electron chi connectivity index (χ3n) is 1.82. The van der Waals surface area contributed by atoms with Gasteiger partial charge in [-0.25, -0.2) is 4.79 Å². The first-order chi connectivity index (χ1) is 7.18. The zero-order valence-electron chi connectivity index (χ0n) is 7.84. The Bertz CT molecular complexity index is 507. The molecule has 0 aromatic carbocycles. The summed E-state index contributed by atoms with van der Waals surface area (Å²) in [7, 11) is 0. The Morgan fingerprint density at radius 3 is 2.87 bits per heavy atom. The number of pyridine rings is 1. The van der Waals surface area contributed by atoms with Gasteiger partial charge < -0.3 is 9.52 Å². The van der Waals surface area contributed by atoms with E-state index in [2.05, 4.69) is 15.2 Å². The molecule has 2 heterocycles. The molecule has 0 aliphatic rings. The van der Waals surface area contributed by atoms with Crippen LogP contribution in [0.15, 0.2) is 22.7 Å². The van der Waals surface area contributed by atoms with Crippen molar-refractivity contribution in [2.75, 3.05) is 0 Å². The summed E-state index contributed by atoms with van der Waals surface area (Å²) in [6, 6.07) is 3.60. The van der Waals surface area contributed by atoms with Crippen LogP contribution in [0.25, 0.3) is 11.6 Å². The standard InChI is InChI=1S/C9H7N3O3/c1-5-3-2-4-10-6(5)7-11-12-8(15-7)9(13)14/h2-4H,1H3,(H,13,14). The fourth-order valence-corrected chi connectivity index (χ4v) is 1.11. The summed E-state index contributed by atoms with van der Waals surface area (Å²) < 4.78 is 4.93. The van der Waals surface area contributed by atoms with Gasteiger partial charge in [0, 0.05) is 6.20 Å². The molecular weight excluding hydrogens is 198 g/mol. The minimum absolute atomic E-state index is 0.116. The van der Waals surface area contributed by atoms with E-state index in [4.69, 9.17) is 9.52 Å². The first-order valence-electron chi connectivity index (χ1n) is 4.17.